The van der Waals surface area contributed by atoms with Crippen LogP contribution in [0.1, 0.15) is 17.5 Å². The van der Waals surface area contributed by atoms with Crippen molar-refractivity contribution in [3.63, 3.8) is 0 Å². The Balaban J connectivity index is 1.27. The third-order valence-corrected chi connectivity index (χ3v) is 7.28. The summed E-state index contributed by atoms with van der Waals surface area (Å²) < 4.78 is 5.49. The van der Waals surface area contributed by atoms with Crippen molar-refractivity contribution in [2.24, 2.45) is 0 Å². The fourth-order valence-corrected chi connectivity index (χ4v) is 5.56. The number of hydrogen-bond donors (Lipinski definition) is 0. The Bertz CT molecular complexity index is 1450. The number of nitriles is 1. The molecule has 0 radical (unpaired) electrons. The highest BCUT2D eigenvalue weighted by Crippen LogP contribution is 2.43. The number of pyridine rings is 1. The Kier molecular flexibility index (Phi) is 4.86. The molecule has 2 unspecified atom stereocenters. The number of fused-ring (bicyclic) bond motifs is 6. The number of nitrogens with zero attached hydrogens (tertiary/aromatic N) is 5. The Morgan fingerprint density at radius 1 is 1.17 bits per heavy atom. The summed E-state index contributed by atoms with van der Waals surface area (Å²) in [6.07, 6.45) is 1.54. The molecular formula is C25H18ClN5O4. The van der Waals surface area contributed by atoms with Gasteiger partial charge in [0.15, 0.2) is 0 Å². The van der Waals surface area contributed by atoms with Crippen molar-refractivity contribution >= 4 is 46.2 Å². The smallest absolute Gasteiger partial charge is 0.410 e. The lowest BCUT2D eigenvalue weighted by Gasteiger charge is -2.34. The van der Waals surface area contributed by atoms with E-state index in [0.717, 1.165) is 4.90 Å². The van der Waals surface area contributed by atoms with Gasteiger partial charge >= 0.3 is 12.1 Å². The highest BCUT2D eigenvalue weighted by atomic mass is 35.5. The van der Waals surface area contributed by atoms with Crippen LogP contribution in [0.15, 0.2) is 54.7 Å². The molecule has 2 bridgehead atoms. The summed E-state index contributed by atoms with van der Waals surface area (Å²) in [5, 5.41) is 10.5. The van der Waals surface area contributed by atoms with Gasteiger partial charge in [0.2, 0.25) is 0 Å². The molecule has 3 aliphatic rings. The number of halogens is 1. The number of hydrogen-bond acceptors (Lipinski definition) is 6. The summed E-state index contributed by atoms with van der Waals surface area (Å²) in [5.74, 6) is -0.402. The zero-order chi connectivity index (χ0) is 24.3. The second-order valence-corrected chi connectivity index (χ2v) is 9.11. The van der Waals surface area contributed by atoms with Gasteiger partial charge in [-0.25, -0.2) is 14.5 Å². The van der Waals surface area contributed by atoms with Crippen LogP contribution in [0, 0.1) is 11.3 Å². The van der Waals surface area contributed by atoms with Crippen LogP contribution in [0.4, 0.5) is 15.3 Å². The number of urea groups is 1. The number of ether oxygens (including phenoxy) is 1. The van der Waals surface area contributed by atoms with E-state index in [1.54, 1.807) is 53.6 Å². The lowest BCUT2D eigenvalue weighted by molar-refractivity contribution is -0.121. The van der Waals surface area contributed by atoms with Crippen LogP contribution in [-0.4, -0.2) is 57.5 Å². The molecule has 3 atom stereocenters. The lowest BCUT2D eigenvalue weighted by atomic mass is 10.1. The quantitative estimate of drug-likeness (QED) is 0.521. The Hall–Kier alpha value is -4.16. The first-order chi connectivity index (χ1) is 17.0. The summed E-state index contributed by atoms with van der Waals surface area (Å²) in [4.78, 5) is 48.4. The molecule has 10 heteroatoms. The summed E-state index contributed by atoms with van der Waals surface area (Å²) in [7, 11) is 0. The van der Waals surface area contributed by atoms with Gasteiger partial charge in [-0.3, -0.25) is 9.78 Å². The van der Waals surface area contributed by atoms with Gasteiger partial charge in [0.05, 0.1) is 28.9 Å². The molecule has 3 saturated heterocycles. The van der Waals surface area contributed by atoms with Crippen molar-refractivity contribution in [2.75, 3.05) is 11.4 Å². The lowest BCUT2D eigenvalue weighted by Crippen LogP contribution is -2.54. The third-order valence-electron chi connectivity index (χ3n) is 6.92. The van der Waals surface area contributed by atoms with Crippen molar-refractivity contribution in [3.05, 3.63) is 70.9 Å². The van der Waals surface area contributed by atoms with Crippen LogP contribution in [-0.2, 0) is 16.1 Å². The number of carbonyl (C=O) groups is 3. The maximum absolute atomic E-state index is 13.6. The highest BCUT2D eigenvalue weighted by Gasteiger charge is 2.63. The van der Waals surface area contributed by atoms with Gasteiger partial charge in [-0.1, -0.05) is 29.8 Å². The largest absolute Gasteiger partial charge is 0.444 e. The number of likely N-dealkylation sites (tertiary alicyclic amines) is 1. The van der Waals surface area contributed by atoms with Crippen LogP contribution < -0.4 is 4.90 Å². The topological polar surface area (TPSA) is 107 Å². The second kappa shape index (κ2) is 7.96. The number of anilines is 1. The van der Waals surface area contributed by atoms with Gasteiger partial charge in [0, 0.05) is 28.7 Å². The molecule has 0 N–H and O–H groups in total. The molecule has 0 saturated carbocycles. The van der Waals surface area contributed by atoms with Gasteiger partial charge in [-0.2, -0.15) is 5.26 Å². The molecule has 2 aromatic carbocycles. The Morgan fingerprint density at radius 3 is 2.80 bits per heavy atom. The standard InChI is InChI=1S/C25H18ClN5O4/c26-18-6-2-1-4-15(18)13-35-25(34)29-12-16-10-20(29)22-23(32)31(24(33)30(16)22)19-8-7-14(11-27)21-17(19)5-3-9-28-21/h1-9,16,20,22H,10,12-13H2/t16?,20?,22-/m1/s1. The molecular weight excluding hydrogens is 470 g/mol. The summed E-state index contributed by atoms with van der Waals surface area (Å²) in [6, 6.07) is 13.8. The van der Waals surface area contributed by atoms with Crippen LogP contribution in [0.2, 0.25) is 5.02 Å². The summed E-state index contributed by atoms with van der Waals surface area (Å²) >= 11 is 6.15. The van der Waals surface area contributed by atoms with Gasteiger partial charge in [-0.15, -0.1) is 0 Å². The van der Waals surface area contributed by atoms with Gasteiger partial charge in [0.25, 0.3) is 5.91 Å². The predicted molar refractivity (Wildman–Crippen MR) is 126 cm³/mol. The minimum atomic E-state index is -0.781. The molecule has 0 aliphatic carbocycles. The fourth-order valence-electron chi connectivity index (χ4n) is 5.37. The minimum absolute atomic E-state index is 0.0179. The normalized spacial score (nSPS) is 22.6. The third kappa shape index (κ3) is 3.14. The number of piperazine rings is 1. The molecule has 3 aliphatic heterocycles. The maximum atomic E-state index is 13.6. The Morgan fingerprint density at radius 2 is 2.00 bits per heavy atom. The molecule has 4 amide bonds. The summed E-state index contributed by atoms with van der Waals surface area (Å²) in [5.41, 5.74) is 1.85. The average molecular weight is 488 g/mol. The number of carbonyl (C=O) groups excluding carboxylic acids is 3. The average Bonchev–Trinajstić information content (AvgIpc) is 3.54. The van der Waals surface area contributed by atoms with E-state index in [4.69, 9.17) is 16.3 Å². The zero-order valence-electron chi connectivity index (χ0n) is 18.3. The number of aromatic nitrogens is 1. The zero-order valence-corrected chi connectivity index (χ0v) is 19.1. The number of imide groups is 1. The molecule has 3 aromatic rings. The second-order valence-electron chi connectivity index (χ2n) is 8.71. The van der Waals surface area contributed by atoms with E-state index in [2.05, 4.69) is 11.1 Å². The number of rotatable bonds is 3. The van der Waals surface area contributed by atoms with Crippen LogP contribution in [0.3, 0.4) is 0 Å². The van der Waals surface area contributed by atoms with E-state index in [9.17, 15) is 19.6 Å². The molecule has 6 rings (SSSR count). The van der Waals surface area contributed by atoms with Crippen LogP contribution >= 0.6 is 11.6 Å². The van der Waals surface area contributed by atoms with E-state index >= 15 is 0 Å². The van der Waals surface area contributed by atoms with Crippen molar-refractivity contribution in [1.29, 1.82) is 5.26 Å². The van der Waals surface area contributed by atoms with E-state index < -0.39 is 30.1 Å². The molecule has 9 nitrogen and oxygen atoms in total. The van der Waals surface area contributed by atoms with E-state index in [1.807, 2.05) is 6.07 Å². The minimum Gasteiger partial charge on any atom is -0.444 e. The first-order valence-corrected chi connectivity index (χ1v) is 11.5. The van der Waals surface area contributed by atoms with Crippen LogP contribution in [0.5, 0.6) is 0 Å². The maximum Gasteiger partial charge on any atom is 0.410 e. The van der Waals surface area contributed by atoms with Gasteiger partial charge in [-0.05, 0) is 36.8 Å². The molecule has 0 spiro atoms. The number of amides is 4. The van der Waals surface area contributed by atoms with E-state index in [-0.39, 0.29) is 12.6 Å². The molecule has 1 aromatic heterocycles. The van der Waals surface area contributed by atoms with Crippen molar-refractivity contribution in [3.8, 4) is 6.07 Å². The molecule has 174 valence electrons. The fraction of sp³-hybridized carbons (Fsp3) is 0.240. The Labute approximate surface area is 205 Å². The van der Waals surface area contributed by atoms with Crippen molar-refractivity contribution in [1.82, 2.24) is 14.8 Å². The molecule has 3 fully saturated rings. The van der Waals surface area contributed by atoms with Gasteiger partial charge < -0.3 is 14.5 Å². The first kappa shape index (κ1) is 21.4. The molecule has 4 heterocycles. The molecule has 35 heavy (non-hydrogen) atoms. The van der Waals surface area contributed by atoms with Crippen LogP contribution in [0.25, 0.3) is 10.9 Å². The first-order valence-electron chi connectivity index (χ1n) is 11.1. The SMILES string of the molecule is N#Cc1ccc(N2C(=O)[C@H]3C4CC(CN4C(=O)OCc4ccccc4Cl)N3C2=O)c2cccnc12. The highest BCUT2D eigenvalue weighted by molar-refractivity contribution is 6.31. The monoisotopic (exact) mass is 487 g/mol. The summed E-state index contributed by atoms with van der Waals surface area (Å²) in [6.45, 7) is 0.315. The number of benzene rings is 2. The van der Waals surface area contributed by atoms with Gasteiger partial charge in [0.1, 0.15) is 18.7 Å². The predicted octanol–water partition coefficient (Wildman–Crippen LogP) is 3.69. The van der Waals surface area contributed by atoms with Crippen molar-refractivity contribution in [2.45, 2.75) is 31.2 Å². The van der Waals surface area contributed by atoms with Crippen molar-refractivity contribution < 1.29 is 19.1 Å². The van der Waals surface area contributed by atoms with E-state index in [1.165, 1.54) is 4.90 Å². The van der Waals surface area contributed by atoms with E-state index in [0.29, 0.717) is 45.7 Å².